The van der Waals surface area contributed by atoms with Gasteiger partial charge in [0.15, 0.2) is 0 Å². The first-order valence-electron chi connectivity index (χ1n) is 8.41. The van der Waals surface area contributed by atoms with E-state index in [1.165, 1.54) is 19.3 Å². The van der Waals surface area contributed by atoms with Crippen molar-refractivity contribution in [2.24, 2.45) is 5.92 Å². The molecule has 1 heterocycles. The van der Waals surface area contributed by atoms with E-state index in [1.807, 2.05) is 19.1 Å². The van der Waals surface area contributed by atoms with E-state index in [2.05, 4.69) is 5.32 Å². The monoisotopic (exact) mass is 334 g/mol. The highest BCUT2D eigenvalue weighted by Crippen LogP contribution is 2.29. The van der Waals surface area contributed by atoms with Crippen LogP contribution in [-0.4, -0.2) is 24.4 Å². The maximum Gasteiger partial charge on any atom is 0.227 e. The van der Waals surface area contributed by atoms with Gasteiger partial charge < -0.3 is 10.2 Å². The minimum Gasteiger partial charge on any atom is -0.353 e. The zero-order valence-electron chi connectivity index (χ0n) is 13.5. The molecule has 1 aromatic rings. The maximum absolute atomic E-state index is 12.4. The third-order valence-electron chi connectivity index (χ3n) is 4.91. The van der Waals surface area contributed by atoms with Crippen LogP contribution in [0.25, 0.3) is 0 Å². The van der Waals surface area contributed by atoms with Crippen LogP contribution in [0.1, 0.15) is 44.1 Å². The summed E-state index contributed by atoms with van der Waals surface area (Å²) in [5, 5.41) is 3.77. The van der Waals surface area contributed by atoms with E-state index < -0.39 is 0 Å². The van der Waals surface area contributed by atoms with Crippen molar-refractivity contribution in [1.29, 1.82) is 0 Å². The molecule has 0 aromatic heterocycles. The number of nitrogens with one attached hydrogen (secondary N) is 1. The smallest absolute Gasteiger partial charge is 0.227 e. The molecule has 5 heteroatoms. The summed E-state index contributed by atoms with van der Waals surface area (Å²) in [6, 6.07) is 5.88. The van der Waals surface area contributed by atoms with Gasteiger partial charge in [0, 0.05) is 29.7 Å². The predicted molar refractivity (Wildman–Crippen MR) is 91.7 cm³/mol. The fourth-order valence-corrected chi connectivity index (χ4v) is 3.62. The number of rotatable bonds is 3. The second-order valence-electron chi connectivity index (χ2n) is 6.68. The van der Waals surface area contributed by atoms with Gasteiger partial charge >= 0.3 is 0 Å². The fraction of sp³-hybridized carbons (Fsp3) is 0.556. The SMILES string of the molecule is Cc1ccc(N2CC(C(=O)NC3CCCCC3)CC2=O)cc1Cl. The minimum absolute atomic E-state index is 0.00582. The Morgan fingerprint density at radius 3 is 2.70 bits per heavy atom. The van der Waals surface area contributed by atoms with Gasteiger partial charge in [-0.05, 0) is 37.5 Å². The molecule has 1 saturated heterocycles. The Bertz CT molecular complexity index is 611. The van der Waals surface area contributed by atoms with Crippen molar-refractivity contribution in [2.75, 3.05) is 11.4 Å². The second-order valence-corrected chi connectivity index (χ2v) is 7.09. The topological polar surface area (TPSA) is 49.4 Å². The number of halogens is 1. The molecule has 3 rings (SSSR count). The number of carbonyl (C=O) groups is 2. The number of hydrogen-bond acceptors (Lipinski definition) is 2. The summed E-state index contributed by atoms with van der Waals surface area (Å²) in [4.78, 5) is 26.4. The molecular weight excluding hydrogens is 312 g/mol. The Labute approximate surface area is 142 Å². The number of benzene rings is 1. The first-order valence-corrected chi connectivity index (χ1v) is 8.79. The highest BCUT2D eigenvalue weighted by atomic mass is 35.5. The zero-order chi connectivity index (χ0) is 16.4. The average molecular weight is 335 g/mol. The van der Waals surface area contributed by atoms with Crippen LogP contribution >= 0.6 is 11.6 Å². The summed E-state index contributed by atoms with van der Waals surface area (Å²) in [5.74, 6) is -0.246. The maximum atomic E-state index is 12.4. The third kappa shape index (κ3) is 3.69. The molecule has 2 aliphatic rings. The summed E-state index contributed by atoms with van der Waals surface area (Å²) in [7, 11) is 0. The summed E-state index contributed by atoms with van der Waals surface area (Å²) < 4.78 is 0. The number of nitrogens with zero attached hydrogens (tertiary/aromatic N) is 1. The highest BCUT2D eigenvalue weighted by Gasteiger charge is 2.36. The summed E-state index contributed by atoms with van der Waals surface area (Å²) in [6.45, 7) is 2.37. The van der Waals surface area contributed by atoms with Crippen LogP contribution in [0.2, 0.25) is 5.02 Å². The Morgan fingerprint density at radius 1 is 1.26 bits per heavy atom. The molecule has 4 nitrogen and oxygen atoms in total. The number of hydrogen-bond donors (Lipinski definition) is 1. The van der Waals surface area contributed by atoms with Crippen molar-refractivity contribution >= 4 is 29.1 Å². The van der Waals surface area contributed by atoms with E-state index in [0.29, 0.717) is 11.6 Å². The predicted octanol–water partition coefficient (Wildman–Crippen LogP) is 3.45. The number of carbonyl (C=O) groups excluding carboxylic acids is 2. The van der Waals surface area contributed by atoms with Crippen molar-refractivity contribution in [1.82, 2.24) is 5.32 Å². The number of anilines is 1. The number of aryl methyl sites for hydroxylation is 1. The molecule has 2 amide bonds. The van der Waals surface area contributed by atoms with Crippen LogP contribution in [0.3, 0.4) is 0 Å². The molecule has 1 atom stereocenters. The molecule has 1 aliphatic heterocycles. The van der Waals surface area contributed by atoms with Crippen LogP contribution in [0, 0.1) is 12.8 Å². The van der Waals surface area contributed by atoms with E-state index >= 15 is 0 Å². The van der Waals surface area contributed by atoms with Gasteiger partial charge in [-0.25, -0.2) is 0 Å². The molecule has 1 saturated carbocycles. The normalized spacial score (nSPS) is 22.4. The van der Waals surface area contributed by atoms with Gasteiger partial charge in [-0.3, -0.25) is 9.59 Å². The van der Waals surface area contributed by atoms with E-state index in [4.69, 9.17) is 11.6 Å². The van der Waals surface area contributed by atoms with Crippen molar-refractivity contribution in [3.05, 3.63) is 28.8 Å². The molecule has 0 spiro atoms. The van der Waals surface area contributed by atoms with Crippen LogP contribution in [0.5, 0.6) is 0 Å². The van der Waals surface area contributed by atoms with Gasteiger partial charge in [0.25, 0.3) is 0 Å². The van der Waals surface area contributed by atoms with Gasteiger partial charge in [0.05, 0.1) is 5.92 Å². The summed E-state index contributed by atoms with van der Waals surface area (Å²) in [5.41, 5.74) is 1.76. The lowest BCUT2D eigenvalue weighted by Gasteiger charge is -2.24. The van der Waals surface area contributed by atoms with Gasteiger partial charge in [-0.2, -0.15) is 0 Å². The van der Waals surface area contributed by atoms with Gasteiger partial charge in [0.2, 0.25) is 11.8 Å². The molecule has 1 aliphatic carbocycles. The van der Waals surface area contributed by atoms with Crippen molar-refractivity contribution in [3.8, 4) is 0 Å². The van der Waals surface area contributed by atoms with Crippen LogP contribution in [0.15, 0.2) is 18.2 Å². The highest BCUT2D eigenvalue weighted by molar-refractivity contribution is 6.31. The minimum atomic E-state index is -0.260. The Balaban J connectivity index is 1.64. The molecule has 1 aromatic carbocycles. The lowest BCUT2D eigenvalue weighted by molar-refractivity contribution is -0.127. The van der Waals surface area contributed by atoms with Crippen molar-refractivity contribution < 1.29 is 9.59 Å². The van der Waals surface area contributed by atoms with E-state index in [9.17, 15) is 9.59 Å². The van der Waals surface area contributed by atoms with Crippen LogP contribution in [-0.2, 0) is 9.59 Å². The lowest BCUT2D eigenvalue weighted by Crippen LogP contribution is -2.40. The third-order valence-corrected chi connectivity index (χ3v) is 5.32. The zero-order valence-corrected chi connectivity index (χ0v) is 14.2. The van der Waals surface area contributed by atoms with Crippen LogP contribution in [0.4, 0.5) is 5.69 Å². The van der Waals surface area contributed by atoms with E-state index in [1.54, 1.807) is 11.0 Å². The van der Waals surface area contributed by atoms with E-state index in [-0.39, 0.29) is 30.2 Å². The molecule has 124 valence electrons. The standard InChI is InChI=1S/C18H23ClN2O2/c1-12-7-8-15(10-16(12)19)21-11-13(9-17(21)22)18(23)20-14-5-3-2-4-6-14/h7-8,10,13-14H,2-6,9,11H2,1H3,(H,20,23). The van der Waals surface area contributed by atoms with Crippen molar-refractivity contribution in [3.63, 3.8) is 0 Å². The number of amides is 2. The van der Waals surface area contributed by atoms with Crippen molar-refractivity contribution in [2.45, 2.75) is 51.5 Å². The molecule has 1 N–H and O–H groups in total. The summed E-state index contributed by atoms with van der Waals surface area (Å²) in [6.07, 6.45) is 6.03. The fourth-order valence-electron chi connectivity index (χ4n) is 3.45. The summed E-state index contributed by atoms with van der Waals surface area (Å²) >= 11 is 6.15. The van der Waals surface area contributed by atoms with Gasteiger partial charge in [0.1, 0.15) is 0 Å². The molecule has 0 radical (unpaired) electrons. The molecule has 2 fully saturated rings. The Morgan fingerprint density at radius 2 is 2.00 bits per heavy atom. The quantitative estimate of drug-likeness (QED) is 0.920. The Hall–Kier alpha value is -1.55. The molecule has 0 bridgehead atoms. The van der Waals surface area contributed by atoms with Gasteiger partial charge in [-0.1, -0.05) is 36.9 Å². The first kappa shape index (κ1) is 16.3. The second kappa shape index (κ2) is 6.91. The molecular formula is C18H23ClN2O2. The van der Waals surface area contributed by atoms with Crippen LogP contribution < -0.4 is 10.2 Å². The molecule has 1 unspecified atom stereocenters. The van der Waals surface area contributed by atoms with E-state index in [0.717, 1.165) is 24.1 Å². The first-order chi connectivity index (χ1) is 11.0. The molecule has 23 heavy (non-hydrogen) atoms. The largest absolute Gasteiger partial charge is 0.353 e. The average Bonchev–Trinajstić information content (AvgIpc) is 2.93. The Kier molecular flexibility index (Phi) is 4.90. The lowest BCUT2D eigenvalue weighted by atomic mass is 9.95. The van der Waals surface area contributed by atoms with Gasteiger partial charge in [-0.15, -0.1) is 0 Å².